The van der Waals surface area contributed by atoms with E-state index in [2.05, 4.69) is 74.1 Å². The van der Waals surface area contributed by atoms with Crippen LogP contribution < -0.4 is 0 Å². The number of fused-ring (bicyclic) bond motifs is 10. The van der Waals surface area contributed by atoms with E-state index in [1.54, 1.807) is 23.5 Å². The first-order valence-electron chi connectivity index (χ1n) is 21.1. The van der Waals surface area contributed by atoms with Gasteiger partial charge in [-0.25, -0.2) is 15.0 Å². The first-order chi connectivity index (χ1) is 29.4. The van der Waals surface area contributed by atoms with Gasteiger partial charge in [0.2, 0.25) is 0 Å². The van der Waals surface area contributed by atoms with Gasteiger partial charge in [0.1, 0.15) is 11.2 Å². The Bertz CT molecular complexity index is 3600. The number of thiophene rings is 1. The molecule has 0 saturated carbocycles. The number of furan rings is 1. The van der Waals surface area contributed by atoms with Gasteiger partial charge in [-0.05, 0) is 42.5 Å². The van der Waals surface area contributed by atoms with Gasteiger partial charge in [-0.1, -0.05) is 115 Å². The Kier molecular flexibility index (Phi) is 4.32. The minimum absolute atomic E-state index is 0.0460. The Morgan fingerprint density at radius 3 is 1.94 bits per heavy atom. The molecule has 0 saturated heterocycles. The van der Waals surface area contributed by atoms with Gasteiger partial charge in [-0.2, -0.15) is 0 Å². The minimum Gasteiger partial charge on any atom is -0.456 e. The molecule has 0 amide bonds. The van der Waals surface area contributed by atoms with Crippen LogP contribution in [0.5, 0.6) is 0 Å². The van der Waals surface area contributed by atoms with E-state index in [0.717, 1.165) is 38.3 Å². The maximum Gasteiger partial charge on any atom is 0.164 e. The molecule has 11 rings (SSSR count). The molecule has 0 unspecified atom stereocenters. The van der Waals surface area contributed by atoms with Crippen LogP contribution in [0.1, 0.15) is 13.7 Å². The molecule has 0 atom stereocenters. The predicted octanol–water partition coefficient (Wildman–Crippen LogP) is 12.2. The fraction of sp³-hybridized carbons (Fsp3) is 0. The van der Waals surface area contributed by atoms with E-state index in [-0.39, 0.29) is 28.6 Å². The average Bonchev–Trinajstić information content (AvgIpc) is 3.95. The van der Waals surface area contributed by atoms with Gasteiger partial charge in [0.25, 0.3) is 0 Å². The van der Waals surface area contributed by atoms with Crippen molar-refractivity contribution in [2.75, 3.05) is 0 Å². The highest BCUT2D eigenvalue weighted by atomic mass is 32.1. The predicted molar refractivity (Wildman–Crippen MR) is 211 cm³/mol. The van der Waals surface area contributed by atoms with Crippen LogP contribution >= 0.6 is 11.3 Å². The Hall–Kier alpha value is -6.63. The summed E-state index contributed by atoms with van der Waals surface area (Å²) in [6, 6.07) is 26.5. The number of rotatable bonds is 4. The lowest BCUT2D eigenvalue weighted by Gasteiger charge is -2.11. The van der Waals surface area contributed by atoms with Gasteiger partial charge < -0.3 is 8.98 Å². The molecule has 0 bridgehead atoms. The largest absolute Gasteiger partial charge is 0.456 e. The molecule has 4 heterocycles. The van der Waals surface area contributed by atoms with Crippen LogP contribution in [0.3, 0.4) is 0 Å². The van der Waals surface area contributed by atoms with E-state index < -0.39 is 60.4 Å². The van der Waals surface area contributed by atoms with E-state index in [0.29, 0.717) is 16.7 Å². The van der Waals surface area contributed by atoms with E-state index in [1.807, 2.05) is 30.3 Å². The van der Waals surface area contributed by atoms with Crippen molar-refractivity contribution in [1.82, 2.24) is 19.5 Å². The number of hydrogen-bond donors (Lipinski definition) is 0. The van der Waals surface area contributed by atoms with Crippen LogP contribution in [0.25, 0.3) is 104 Å². The van der Waals surface area contributed by atoms with Crippen molar-refractivity contribution in [3.63, 3.8) is 0 Å². The summed E-state index contributed by atoms with van der Waals surface area (Å²) in [7, 11) is 0. The molecule has 7 aromatic carbocycles. The Labute approximate surface area is 309 Å². The van der Waals surface area contributed by atoms with Crippen LogP contribution in [0.15, 0.2) is 162 Å². The zero-order chi connectivity index (χ0) is 42.2. The second-order valence-electron chi connectivity index (χ2n) is 12.1. The first-order valence-corrected chi connectivity index (χ1v) is 16.9. The maximum atomic E-state index is 8.68. The summed E-state index contributed by atoms with van der Waals surface area (Å²) in [4.78, 5) is 13.6. The highest BCUT2D eigenvalue weighted by Gasteiger charge is 2.22. The lowest BCUT2D eigenvalue weighted by Crippen LogP contribution is -2.00. The third kappa shape index (κ3) is 4.30. The van der Waals surface area contributed by atoms with Crippen LogP contribution in [-0.2, 0) is 0 Å². The molecule has 238 valence electrons. The molecule has 6 heteroatoms. The second-order valence-corrected chi connectivity index (χ2v) is 13.1. The SMILES string of the molecule is [2H]c1c([2H])c([2H])c(-c2nc(-c3ccc4c(c3)oc3cccc(-n5c6ccccc6c6ccc7sc8ccccc8c7c65)c34)nc(-c3c([2H])c([2H])c([2H])c([2H])c3[2H])n2)c([2H])c1[2H]. The maximum absolute atomic E-state index is 8.68. The molecular weight excluding hydrogens is 645 g/mol. The Morgan fingerprint density at radius 2 is 1.18 bits per heavy atom. The van der Waals surface area contributed by atoms with E-state index in [4.69, 9.17) is 18.1 Å². The monoisotopic (exact) mass is 680 g/mol. The molecule has 0 aliphatic rings. The van der Waals surface area contributed by atoms with Crippen molar-refractivity contribution in [3.05, 3.63) is 157 Å². The van der Waals surface area contributed by atoms with Crippen LogP contribution in [0.4, 0.5) is 0 Å². The molecule has 0 N–H and O–H groups in total. The van der Waals surface area contributed by atoms with Crippen molar-refractivity contribution in [1.29, 1.82) is 0 Å². The van der Waals surface area contributed by atoms with Crippen molar-refractivity contribution >= 4 is 75.3 Å². The van der Waals surface area contributed by atoms with Gasteiger partial charge >= 0.3 is 0 Å². The number of nitrogens with zero attached hydrogens (tertiary/aromatic N) is 4. The van der Waals surface area contributed by atoms with Crippen molar-refractivity contribution < 1.29 is 18.1 Å². The van der Waals surface area contributed by atoms with Crippen molar-refractivity contribution in [3.8, 4) is 39.9 Å². The molecule has 51 heavy (non-hydrogen) atoms. The number of para-hydroxylation sites is 1. The zero-order valence-electron chi connectivity index (χ0n) is 36.3. The van der Waals surface area contributed by atoms with Crippen molar-refractivity contribution in [2.24, 2.45) is 0 Å². The van der Waals surface area contributed by atoms with Gasteiger partial charge in [0.15, 0.2) is 17.5 Å². The number of benzene rings is 7. The van der Waals surface area contributed by atoms with E-state index in [1.165, 1.54) is 20.2 Å². The van der Waals surface area contributed by atoms with Gasteiger partial charge in [-0.15, -0.1) is 11.3 Å². The number of hydrogen-bond acceptors (Lipinski definition) is 5. The average molecular weight is 681 g/mol. The normalized spacial score (nSPS) is 14.7. The number of aromatic nitrogens is 4. The highest BCUT2D eigenvalue weighted by Crippen LogP contribution is 2.45. The Morgan fingerprint density at radius 1 is 0.510 bits per heavy atom. The van der Waals surface area contributed by atoms with Gasteiger partial charge in [0, 0.05) is 53.0 Å². The molecule has 4 aromatic heterocycles. The first kappa shape index (κ1) is 20.1. The summed E-state index contributed by atoms with van der Waals surface area (Å²) in [5.74, 6) is -0.723. The molecule has 0 spiro atoms. The third-order valence-electron chi connectivity index (χ3n) is 9.23. The van der Waals surface area contributed by atoms with Gasteiger partial charge in [0.05, 0.1) is 35.8 Å². The fourth-order valence-electron chi connectivity index (χ4n) is 7.10. The van der Waals surface area contributed by atoms with Crippen LogP contribution in [-0.4, -0.2) is 19.5 Å². The summed E-state index contributed by atoms with van der Waals surface area (Å²) >= 11 is 1.76. The third-order valence-corrected chi connectivity index (χ3v) is 10.4. The standard InChI is InChI=1S/C45H26N4OS/c1-3-12-27(13-4-1)43-46-44(28-14-5-2-6-15-28)48-45(47-43)29-22-23-32-37(26-29)50-36-20-11-19-35(40(32)36)49-34-18-9-7-16-30(34)31-24-25-39-41(42(31)49)33-17-8-10-21-38(33)51-39/h1-26H/i1D,2D,3D,4D,5D,6D,12D,13D,14D,15D. The molecule has 11 aromatic rings. The minimum atomic E-state index is -0.613. The van der Waals surface area contributed by atoms with Gasteiger partial charge in [-0.3, -0.25) is 0 Å². The Balaban J connectivity index is 1.17. The summed E-state index contributed by atoms with van der Waals surface area (Å²) in [6.45, 7) is 0. The summed E-state index contributed by atoms with van der Waals surface area (Å²) in [6.07, 6.45) is 0. The lowest BCUT2D eigenvalue weighted by atomic mass is 10.1. The molecule has 0 aliphatic carbocycles. The highest BCUT2D eigenvalue weighted by molar-refractivity contribution is 7.26. The molecule has 0 aliphatic heterocycles. The molecular formula is C45H26N4OS. The topological polar surface area (TPSA) is 56.7 Å². The lowest BCUT2D eigenvalue weighted by molar-refractivity contribution is 0.669. The van der Waals surface area contributed by atoms with Crippen LogP contribution in [0, 0.1) is 0 Å². The quantitative estimate of drug-likeness (QED) is 0.186. The summed E-state index contributed by atoms with van der Waals surface area (Å²) in [5, 5.41) is 6.22. The van der Waals surface area contributed by atoms with Crippen molar-refractivity contribution in [2.45, 2.75) is 0 Å². The summed E-state index contributed by atoms with van der Waals surface area (Å²) in [5.41, 5.74) is 3.82. The molecule has 0 radical (unpaired) electrons. The zero-order valence-corrected chi connectivity index (χ0v) is 27.2. The van der Waals surface area contributed by atoms with E-state index >= 15 is 0 Å². The second kappa shape index (κ2) is 10.9. The fourth-order valence-corrected chi connectivity index (χ4v) is 8.21. The van der Waals surface area contributed by atoms with E-state index in [9.17, 15) is 0 Å². The molecule has 5 nitrogen and oxygen atoms in total. The molecule has 0 fully saturated rings. The van der Waals surface area contributed by atoms with Crippen LogP contribution in [0.2, 0.25) is 0 Å². The smallest absolute Gasteiger partial charge is 0.164 e. The summed E-state index contributed by atoms with van der Waals surface area (Å²) < 4.78 is 95.5.